The largest absolute Gasteiger partial charge is 0.392 e. The molecule has 0 aliphatic carbocycles. The molecule has 98 valence electrons. The van der Waals surface area contributed by atoms with E-state index in [1.807, 2.05) is 6.07 Å². The number of urea groups is 1. The van der Waals surface area contributed by atoms with Gasteiger partial charge in [-0.25, -0.2) is 9.18 Å². The second-order valence-corrected chi connectivity index (χ2v) is 4.69. The molecule has 0 aromatic heterocycles. The number of halogens is 1. The Kier molecular flexibility index (Phi) is 3.81. The number of hydrogen-bond donors (Lipinski definition) is 2. The SMILES string of the molecule is C[C@H](O)CNC(=O)N1CC(c2cccc(F)c2)C1. The molecule has 4 nitrogen and oxygen atoms in total. The summed E-state index contributed by atoms with van der Waals surface area (Å²) in [7, 11) is 0. The second-order valence-electron chi connectivity index (χ2n) is 4.69. The lowest BCUT2D eigenvalue weighted by Crippen LogP contribution is -2.53. The zero-order valence-electron chi connectivity index (χ0n) is 10.3. The van der Waals surface area contributed by atoms with Crippen LogP contribution in [0.1, 0.15) is 18.4 Å². The van der Waals surface area contributed by atoms with Gasteiger partial charge in [0.2, 0.25) is 0 Å². The summed E-state index contributed by atoms with van der Waals surface area (Å²) in [6.45, 7) is 3.05. The van der Waals surface area contributed by atoms with E-state index >= 15 is 0 Å². The monoisotopic (exact) mass is 252 g/mol. The third kappa shape index (κ3) is 2.98. The molecule has 0 unspecified atom stereocenters. The van der Waals surface area contributed by atoms with Gasteiger partial charge in [0.1, 0.15) is 5.82 Å². The maximum atomic E-state index is 13.0. The first-order valence-corrected chi connectivity index (χ1v) is 6.02. The highest BCUT2D eigenvalue weighted by Crippen LogP contribution is 2.27. The number of likely N-dealkylation sites (tertiary alicyclic amines) is 1. The van der Waals surface area contributed by atoms with E-state index in [1.54, 1.807) is 17.9 Å². The van der Waals surface area contributed by atoms with Gasteiger partial charge in [-0.05, 0) is 24.6 Å². The van der Waals surface area contributed by atoms with Crippen molar-refractivity contribution in [3.05, 3.63) is 35.6 Å². The molecule has 0 saturated carbocycles. The Bertz CT molecular complexity index is 431. The number of aliphatic hydroxyl groups excluding tert-OH is 1. The van der Waals surface area contributed by atoms with E-state index in [2.05, 4.69) is 5.32 Å². The molecule has 2 rings (SSSR count). The summed E-state index contributed by atoms with van der Waals surface area (Å²) in [6.07, 6.45) is -0.547. The topological polar surface area (TPSA) is 52.6 Å². The molecule has 2 amide bonds. The lowest BCUT2D eigenvalue weighted by molar-refractivity contribution is 0.141. The van der Waals surface area contributed by atoms with Crippen LogP contribution in [-0.4, -0.2) is 41.8 Å². The highest BCUT2D eigenvalue weighted by molar-refractivity contribution is 5.75. The highest BCUT2D eigenvalue weighted by atomic mass is 19.1. The van der Waals surface area contributed by atoms with Crippen molar-refractivity contribution in [2.24, 2.45) is 0 Å². The van der Waals surface area contributed by atoms with Crippen LogP contribution in [0.4, 0.5) is 9.18 Å². The smallest absolute Gasteiger partial charge is 0.317 e. The molecule has 0 radical (unpaired) electrons. The Balaban J connectivity index is 1.81. The van der Waals surface area contributed by atoms with Crippen molar-refractivity contribution >= 4 is 6.03 Å². The van der Waals surface area contributed by atoms with Gasteiger partial charge in [-0.3, -0.25) is 0 Å². The number of nitrogens with one attached hydrogen (secondary N) is 1. The fraction of sp³-hybridized carbons (Fsp3) is 0.462. The second kappa shape index (κ2) is 5.35. The van der Waals surface area contributed by atoms with E-state index in [9.17, 15) is 9.18 Å². The van der Waals surface area contributed by atoms with Crippen LogP contribution >= 0.6 is 0 Å². The van der Waals surface area contributed by atoms with Crippen LogP contribution in [0, 0.1) is 5.82 Å². The molecule has 1 fully saturated rings. The summed E-state index contributed by atoms with van der Waals surface area (Å²) in [5.41, 5.74) is 0.926. The standard InChI is InChI=1S/C13H17FN2O2/c1-9(17)6-15-13(18)16-7-11(8-16)10-3-2-4-12(14)5-10/h2-5,9,11,17H,6-8H2,1H3,(H,15,18)/t9-/m0/s1. The Labute approximate surface area is 105 Å². The van der Waals surface area contributed by atoms with Crippen LogP contribution in [0.3, 0.4) is 0 Å². The zero-order chi connectivity index (χ0) is 13.1. The predicted molar refractivity (Wildman–Crippen MR) is 65.8 cm³/mol. The first kappa shape index (κ1) is 12.8. The Morgan fingerprint density at radius 1 is 1.61 bits per heavy atom. The highest BCUT2D eigenvalue weighted by Gasteiger charge is 2.31. The van der Waals surface area contributed by atoms with Gasteiger partial charge in [0.25, 0.3) is 0 Å². The number of aliphatic hydroxyl groups is 1. The maximum Gasteiger partial charge on any atom is 0.317 e. The number of carbonyl (C=O) groups is 1. The number of amides is 2. The third-order valence-corrected chi connectivity index (χ3v) is 3.04. The van der Waals surface area contributed by atoms with Crippen molar-refractivity contribution in [3.8, 4) is 0 Å². The minimum atomic E-state index is -0.547. The van der Waals surface area contributed by atoms with Crippen LogP contribution in [-0.2, 0) is 0 Å². The summed E-state index contributed by atoms with van der Waals surface area (Å²) >= 11 is 0. The van der Waals surface area contributed by atoms with Crippen LogP contribution in [0.25, 0.3) is 0 Å². The summed E-state index contributed by atoms with van der Waals surface area (Å²) < 4.78 is 13.0. The normalized spacial score (nSPS) is 17.2. The van der Waals surface area contributed by atoms with E-state index in [4.69, 9.17) is 5.11 Å². The average molecular weight is 252 g/mol. The molecular formula is C13H17FN2O2. The first-order chi connectivity index (χ1) is 8.56. The van der Waals surface area contributed by atoms with Crippen molar-refractivity contribution in [1.29, 1.82) is 0 Å². The van der Waals surface area contributed by atoms with Gasteiger partial charge < -0.3 is 15.3 Å². The molecule has 1 aromatic rings. The van der Waals surface area contributed by atoms with E-state index < -0.39 is 6.10 Å². The Morgan fingerprint density at radius 3 is 2.94 bits per heavy atom. The molecule has 1 aliphatic heterocycles. The Morgan fingerprint density at radius 2 is 2.33 bits per heavy atom. The van der Waals surface area contributed by atoms with Gasteiger partial charge in [0.05, 0.1) is 6.10 Å². The number of nitrogens with zero attached hydrogens (tertiary/aromatic N) is 1. The molecule has 1 aromatic carbocycles. The fourth-order valence-corrected chi connectivity index (χ4v) is 1.96. The third-order valence-electron chi connectivity index (χ3n) is 3.04. The van der Waals surface area contributed by atoms with E-state index in [0.29, 0.717) is 13.1 Å². The van der Waals surface area contributed by atoms with Gasteiger partial charge in [-0.2, -0.15) is 0 Å². The van der Waals surface area contributed by atoms with Crippen molar-refractivity contribution in [3.63, 3.8) is 0 Å². The number of carbonyl (C=O) groups excluding carboxylic acids is 1. The minimum absolute atomic E-state index is 0.177. The molecular weight excluding hydrogens is 235 g/mol. The van der Waals surface area contributed by atoms with Crippen LogP contribution < -0.4 is 5.32 Å². The molecule has 18 heavy (non-hydrogen) atoms. The van der Waals surface area contributed by atoms with Crippen LogP contribution in [0.5, 0.6) is 0 Å². The fourth-order valence-electron chi connectivity index (χ4n) is 1.96. The van der Waals surface area contributed by atoms with Crippen LogP contribution in [0.2, 0.25) is 0 Å². The number of benzene rings is 1. The molecule has 2 N–H and O–H groups in total. The zero-order valence-corrected chi connectivity index (χ0v) is 10.3. The summed E-state index contributed by atoms with van der Waals surface area (Å²) in [4.78, 5) is 13.3. The summed E-state index contributed by atoms with van der Waals surface area (Å²) in [5.74, 6) is -0.0393. The molecule has 1 atom stereocenters. The predicted octanol–water partition coefficient (Wildman–Crippen LogP) is 1.32. The molecule has 1 saturated heterocycles. The molecule has 0 spiro atoms. The van der Waals surface area contributed by atoms with E-state index in [-0.39, 0.29) is 24.3 Å². The molecule has 1 heterocycles. The lowest BCUT2D eigenvalue weighted by atomic mass is 9.92. The molecule has 0 bridgehead atoms. The van der Waals surface area contributed by atoms with Gasteiger partial charge in [-0.1, -0.05) is 12.1 Å². The lowest BCUT2D eigenvalue weighted by Gasteiger charge is -2.39. The number of hydrogen-bond acceptors (Lipinski definition) is 2. The molecule has 1 aliphatic rings. The van der Waals surface area contributed by atoms with E-state index in [1.165, 1.54) is 12.1 Å². The van der Waals surface area contributed by atoms with Crippen molar-refractivity contribution in [2.75, 3.05) is 19.6 Å². The van der Waals surface area contributed by atoms with Crippen LogP contribution in [0.15, 0.2) is 24.3 Å². The summed E-state index contributed by atoms with van der Waals surface area (Å²) in [5, 5.41) is 11.7. The van der Waals surface area contributed by atoms with Gasteiger partial charge in [0, 0.05) is 25.6 Å². The molecule has 5 heteroatoms. The van der Waals surface area contributed by atoms with Crippen molar-refractivity contribution in [1.82, 2.24) is 10.2 Å². The first-order valence-electron chi connectivity index (χ1n) is 6.02. The Hall–Kier alpha value is -1.62. The number of rotatable bonds is 3. The maximum absolute atomic E-state index is 13.0. The van der Waals surface area contributed by atoms with Gasteiger partial charge >= 0.3 is 6.03 Å². The van der Waals surface area contributed by atoms with Gasteiger partial charge in [0.15, 0.2) is 0 Å². The quantitative estimate of drug-likeness (QED) is 0.852. The minimum Gasteiger partial charge on any atom is -0.392 e. The van der Waals surface area contributed by atoms with Crippen molar-refractivity contribution in [2.45, 2.75) is 18.9 Å². The average Bonchev–Trinajstić information content (AvgIpc) is 2.24. The summed E-state index contributed by atoms with van der Waals surface area (Å²) in [6, 6.07) is 6.30. The van der Waals surface area contributed by atoms with Gasteiger partial charge in [-0.15, -0.1) is 0 Å². The van der Waals surface area contributed by atoms with Crippen molar-refractivity contribution < 1.29 is 14.3 Å². The van der Waals surface area contributed by atoms with E-state index in [0.717, 1.165) is 5.56 Å².